The van der Waals surface area contributed by atoms with Crippen LogP contribution in [-0.4, -0.2) is 30.6 Å². The number of ether oxygens (including phenoxy) is 1. The smallest absolute Gasteiger partial charge is 0.255 e. The van der Waals surface area contributed by atoms with E-state index in [-0.39, 0.29) is 30.1 Å². The highest BCUT2D eigenvalue weighted by atomic mass is 35.5. The van der Waals surface area contributed by atoms with Gasteiger partial charge in [-0.15, -0.1) is 12.4 Å². The number of carbonyl (C=O) groups is 1. The van der Waals surface area contributed by atoms with Crippen molar-refractivity contribution < 1.29 is 9.53 Å². The third kappa shape index (κ3) is 4.71. The molecule has 1 aliphatic heterocycles. The van der Waals surface area contributed by atoms with Crippen molar-refractivity contribution in [1.29, 1.82) is 5.26 Å². The first-order chi connectivity index (χ1) is 12.1. The molecule has 1 amide bonds. The number of halogens is 2. The number of aryl methyl sites for hydroxylation is 1. The van der Waals surface area contributed by atoms with E-state index < -0.39 is 0 Å². The Morgan fingerprint density at radius 1 is 1.42 bits per heavy atom. The number of aromatic nitrogens is 1. The van der Waals surface area contributed by atoms with E-state index in [1.165, 1.54) is 6.07 Å². The first-order valence-corrected chi connectivity index (χ1v) is 8.26. The lowest BCUT2D eigenvalue weighted by atomic mass is 10.1. The van der Waals surface area contributed by atoms with E-state index in [9.17, 15) is 4.79 Å². The molecule has 0 aliphatic carbocycles. The Hall–Kier alpha value is -2.17. The number of nitrogens with zero attached hydrogens (tertiary/aromatic N) is 2. The van der Waals surface area contributed by atoms with E-state index >= 15 is 0 Å². The zero-order valence-corrected chi connectivity index (χ0v) is 15.7. The predicted molar refractivity (Wildman–Crippen MR) is 102 cm³/mol. The molecule has 6 nitrogen and oxygen atoms in total. The summed E-state index contributed by atoms with van der Waals surface area (Å²) in [6.45, 7) is 3.92. The molecule has 0 bridgehead atoms. The summed E-state index contributed by atoms with van der Waals surface area (Å²) in [7, 11) is 0. The quantitative estimate of drug-likeness (QED) is 0.836. The molecule has 1 aromatic carbocycles. The maximum Gasteiger partial charge on any atom is 0.255 e. The normalized spacial score (nSPS) is 16.3. The molecule has 0 unspecified atom stereocenters. The van der Waals surface area contributed by atoms with Crippen LogP contribution in [0.1, 0.15) is 33.4 Å². The highest BCUT2D eigenvalue weighted by molar-refractivity contribution is 6.31. The molecule has 8 heteroatoms. The number of anilines is 1. The monoisotopic (exact) mass is 392 g/mol. The third-order valence-electron chi connectivity index (χ3n) is 3.86. The number of hydrogen-bond donors (Lipinski definition) is 2. The molecule has 2 heterocycles. The van der Waals surface area contributed by atoms with Crippen LogP contribution in [0.2, 0.25) is 5.02 Å². The minimum atomic E-state index is -0.318. The Labute approximate surface area is 162 Å². The summed E-state index contributed by atoms with van der Waals surface area (Å²) in [4.78, 5) is 16.4. The molecule has 1 saturated heterocycles. The Balaban J connectivity index is 0.00000243. The van der Waals surface area contributed by atoms with Crippen LogP contribution < -0.4 is 10.6 Å². The summed E-state index contributed by atoms with van der Waals surface area (Å²) in [5.41, 5.74) is 2.66. The Morgan fingerprint density at radius 2 is 2.23 bits per heavy atom. The minimum absolute atomic E-state index is 0. The van der Waals surface area contributed by atoms with E-state index in [1.807, 2.05) is 12.1 Å². The number of carbonyl (C=O) groups excluding carboxylic acids is 1. The van der Waals surface area contributed by atoms with E-state index in [0.717, 1.165) is 12.1 Å². The molecule has 1 aromatic heterocycles. The lowest BCUT2D eigenvalue weighted by Gasteiger charge is -2.25. The first kappa shape index (κ1) is 20.1. The molecule has 0 radical (unpaired) electrons. The molecule has 1 aliphatic rings. The average Bonchev–Trinajstić information content (AvgIpc) is 2.62. The zero-order valence-electron chi connectivity index (χ0n) is 14.1. The van der Waals surface area contributed by atoms with Crippen molar-refractivity contribution >= 4 is 35.6 Å². The molecule has 2 aromatic rings. The predicted octanol–water partition coefficient (Wildman–Crippen LogP) is 3.25. The molecule has 3 rings (SSSR count). The van der Waals surface area contributed by atoms with Crippen molar-refractivity contribution in [2.24, 2.45) is 0 Å². The summed E-state index contributed by atoms with van der Waals surface area (Å²) in [6.07, 6.45) is -0.0907. The fourth-order valence-corrected chi connectivity index (χ4v) is 2.99. The number of benzene rings is 1. The minimum Gasteiger partial charge on any atom is -0.371 e. The van der Waals surface area contributed by atoms with Crippen molar-refractivity contribution in [2.45, 2.75) is 13.0 Å². The molecule has 0 spiro atoms. The largest absolute Gasteiger partial charge is 0.371 e. The van der Waals surface area contributed by atoms with Crippen LogP contribution in [0.5, 0.6) is 0 Å². The highest BCUT2D eigenvalue weighted by Crippen LogP contribution is 2.29. The van der Waals surface area contributed by atoms with Crippen LogP contribution in [0, 0.1) is 18.3 Å². The number of nitrogens with one attached hydrogen (secondary N) is 2. The molecule has 2 N–H and O–H groups in total. The second kappa shape index (κ2) is 8.97. The van der Waals surface area contributed by atoms with Crippen molar-refractivity contribution in [3.05, 3.63) is 57.9 Å². The van der Waals surface area contributed by atoms with Gasteiger partial charge in [0.25, 0.3) is 5.91 Å². The SMILES string of the molecule is Cc1cc(C(=O)Nc2ccc([C@H]3CNCCO3)c(Cl)c2)cc(C#N)n1.Cl. The molecule has 26 heavy (non-hydrogen) atoms. The highest BCUT2D eigenvalue weighted by Gasteiger charge is 2.19. The summed E-state index contributed by atoms with van der Waals surface area (Å²) in [5.74, 6) is -0.318. The Kier molecular flexibility index (Phi) is 6.95. The molecular formula is C18H18Cl2N4O2. The van der Waals surface area contributed by atoms with Crippen molar-refractivity contribution in [3.63, 3.8) is 0 Å². The van der Waals surface area contributed by atoms with E-state index in [2.05, 4.69) is 15.6 Å². The summed E-state index contributed by atoms with van der Waals surface area (Å²) in [6, 6.07) is 10.4. The lowest BCUT2D eigenvalue weighted by Crippen LogP contribution is -2.33. The van der Waals surface area contributed by atoms with Gasteiger partial charge >= 0.3 is 0 Å². The number of nitriles is 1. The Morgan fingerprint density at radius 3 is 2.88 bits per heavy atom. The number of rotatable bonds is 3. The molecule has 1 fully saturated rings. The summed E-state index contributed by atoms with van der Waals surface area (Å²) >= 11 is 6.35. The number of morpholine rings is 1. The fourth-order valence-electron chi connectivity index (χ4n) is 2.69. The van der Waals surface area contributed by atoms with E-state index in [1.54, 1.807) is 25.1 Å². The van der Waals surface area contributed by atoms with Crippen LogP contribution in [0.15, 0.2) is 30.3 Å². The van der Waals surface area contributed by atoms with Crippen molar-refractivity contribution in [1.82, 2.24) is 10.3 Å². The van der Waals surface area contributed by atoms with Gasteiger partial charge in [-0.25, -0.2) is 4.98 Å². The first-order valence-electron chi connectivity index (χ1n) is 7.89. The topological polar surface area (TPSA) is 87.0 Å². The lowest BCUT2D eigenvalue weighted by molar-refractivity contribution is 0.0278. The maximum absolute atomic E-state index is 12.4. The van der Waals surface area contributed by atoms with Crippen LogP contribution in [0.4, 0.5) is 5.69 Å². The van der Waals surface area contributed by atoms with Gasteiger partial charge in [-0.05, 0) is 31.2 Å². The molecular weight excluding hydrogens is 375 g/mol. The van der Waals surface area contributed by atoms with E-state index in [0.29, 0.717) is 35.1 Å². The molecule has 0 saturated carbocycles. The Bertz CT molecular complexity index is 846. The van der Waals surface area contributed by atoms with Gasteiger partial charge in [-0.1, -0.05) is 17.7 Å². The number of amides is 1. The van der Waals surface area contributed by atoms with Gasteiger partial charge in [-0.3, -0.25) is 4.79 Å². The van der Waals surface area contributed by atoms with Crippen LogP contribution in [0.3, 0.4) is 0 Å². The average molecular weight is 393 g/mol. The van der Waals surface area contributed by atoms with Crippen LogP contribution >= 0.6 is 24.0 Å². The van der Waals surface area contributed by atoms with Crippen molar-refractivity contribution in [3.8, 4) is 6.07 Å². The maximum atomic E-state index is 12.4. The van der Waals surface area contributed by atoms with E-state index in [4.69, 9.17) is 21.6 Å². The third-order valence-corrected chi connectivity index (χ3v) is 4.19. The standard InChI is InChI=1S/C18H17ClN4O2.ClH/c1-11-6-12(7-14(9-20)22-11)18(24)23-13-2-3-15(16(19)8-13)17-10-21-4-5-25-17;/h2-3,6-8,17,21H,4-5,10H2,1H3,(H,23,24);1H/t17-;/m1./s1. The molecule has 1 atom stereocenters. The fraction of sp³-hybridized carbons (Fsp3) is 0.278. The summed E-state index contributed by atoms with van der Waals surface area (Å²) in [5, 5.41) is 15.6. The second-order valence-corrected chi connectivity index (χ2v) is 6.16. The van der Waals surface area contributed by atoms with Gasteiger partial charge in [-0.2, -0.15) is 5.26 Å². The van der Waals surface area contributed by atoms with Gasteiger partial charge in [0.1, 0.15) is 11.8 Å². The van der Waals surface area contributed by atoms with Gasteiger partial charge in [0.15, 0.2) is 0 Å². The van der Waals surface area contributed by atoms with Crippen LogP contribution in [0.25, 0.3) is 0 Å². The number of hydrogen-bond acceptors (Lipinski definition) is 5. The van der Waals surface area contributed by atoms with Crippen molar-refractivity contribution in [2.75, 3.05) is 25.0 Å². The van der Waals surface area contributed by atoms with Crippen LogP contribution in [-0.2, 0) is 4.74 Å². The van der Waals surface area contributed by atoms with Gasteiger partial charge in [0, 0.05) is 40.6 Å². The van der Waals surface area contributed by atoms with Gasteiger partial charge < -0.3 is 15.4 Å². The second-order valence-electron chi connectivity index (χ2n) is 5.75. The zero-order chi connectivity index (χ0) is 17.8. The summed E-state index contributed by atoms with van der Waals surface area (Å²) < 4.78 is 5.70. The van der Waals surface area contributed by atoms with Gasteiger partial charge in [0.2, 0.25) is 0 Å². The van der Waals surface area contributed by atoms with Gasteiger partial charge in [0.05, 0.1) is 12.7 Å². The molecule has 136 valence electrons. The number of pyridine rings is 1.